The van der Waals surface area contributed by atoms with E-state index in [4.69, 9.17) is 21.3 Å². The predicted molar refractivity (Wildman–Crippen MR) is 132 cm³/mol. The molecule has 1 unspecified atom stereocenters. The number of nitrogens with zero attached hydrogens (tertiary/aromatic N) is 2. The van der Waals surface area contributed by atoms with E-state index in [1.807, 2.05) is 59.6 Å². The van der Waals surface area contributed by atoms with E-state index in [0.29, 0.717) is 17.3 Å². The summed E-state index contributed by atoms with van der Waals surface area (Å²) in [6.45, 7) is 1.42. The molecule has 1 aliphatic rings. The minimum Gasteiger partial charge on any atom is -0.497 e. The number of carbonyl (C=O) groups is 1. The lowest BCUT2D eigenvalue weighted by atomic mass is 10.1. The monoisotopic (exact) mass is 466 g/mol. The number of pyridine rings is 1. The molecule has 1 amide bonds. The second-order valence-electron chi connectivity index (χ2n) is 7.69. The maximum atomic E-state index is 12.4. The van der Waals surface area contributed by atoms with Gasteiger partial charge in [-0.1, -0.05) is 11.6 Å². The van der Waals surface area contributed by atoms with Crippen molar-refractivity contribution in [2.45, 2.75) is 11.8 Å². The summed E-state index contributed by atoms with van der Waals surface area (Å²) < 4.78 is 5.43. The topological polar surface area (TPSA) is 70.2 Å². The van der Waals surface area contributed by atoms with Gasteiger partial charge < -0.3 is 19.9 Å². The van der Waals surface area contributed by atoms with Gasteiger partial charge in [0.1, 0.15) is 11.1 Å². The molecule has 2 aromatic heterocycles. The standard InChI is InChI=1S/C24H23ClN4O2S/c1-31-16-6-8-19-18(13-16)23(17-7-5-15(25)12-21(17)28-19)27-10-3-11-29-22(30)14-32-24(29)20-4-2-9-26-20/h2,4-9,12-13,24,26H,3,10-11,14H2,1H3,(H,27,28). The highest BCUT2D eigenvalue weighted by atomic mass is 35.5. The maximum Gasteiger partial charge on any atom is 0.233 e. The number of aromatic nitrogens is 2. The lowest BCUT2D eigenvalue weighted by Crippen LogP contribution is -2.30. The van der Waals surface area contributed by atoms with Gasteiger partial charge in [-0.25, -0.2) is 4.98 Å². The Morgan fingerprint density at radius 1 is 1.22 bits per heavy atom. The Labute approximate surface area is 195 Å². The van der Waals surface area contributed by atoms with Gasteiger partial charge in [-0.05, 0) is 55.0 Å². The molecule has 0 spiro atoms. The molecular weight excluding hydrogens is 444 g/mol. The quantitative estimate of drug-likeness (QED) is 0.280. The van der Waals surface area contributed by atoms with E-state index in [1.165, 1.54) is 0 Å². The van der Waals surface area contributed by atoms with Gasteiger partial charge in [0.15, 0.2) is 0 Å². The highest BCUT2D eigenvalue weighted by molar-refractivity contribution is 8.00. The minimum absolute atomic E-state index is 0.0616. The van der Waals surface area contributed by atoms with Gasteiger partial charge in [0.2, 0.25) is 5.91 Å². The lowest BCUT2D eigenvalue weighted by molar-refractivity contribution is -0.128. The molecule has 1 atom stereocenters. The average molecular weight is 467 g/mol. The van der Waals surface area contributed by atoms with E-state index in [9.17, 15) is 4.79 Å². The Kier molecular flexibility index (Phi) is 5.85. The van der Waals surface area contributed by atoms with Crippen LogP contribution in [0.5, 0.6) is 5.75 Å². The van der Waals surface area contributed by atoms with Gasteiger partial charge >= 0.3 is 0 Å². The van der Waals surface area contributed by atoms with Gasteiger partial charge in [0.25, 0.3) is 0 Å². The molecule has 0 bridgehead atoms. The molecule has 1 fully saturated rings. The zero-order valence-corrected chi connectivity index (χ0v) is 19.2. The first kappa shape index (κ1) is 21.0. The number of carbonyl (C=O) groups excluding carboxylic acids is 1. The summed E-state index contributed by atoms with van der Waals surface area (Å²) in [5.41, 5.74) is 3.80. The number of nitrogens with one attached hydrogen (secondary N) is 2. The van der Waals surface area contributed by atoms with Crippen LogP contribution in [-0.2, 0) is 4.79 Å². The van der Waals surface area contributed by atoms with Crippen LogP contribution in [0, 0.1) is 0 Å². The van der Waals surface area contributed by atoms with Crippen LogP contribution in [0.1, 0.15) is 17.5 Å². The van der Waals surface area contributed by atoms with Crippen molar-refractivity contribution in [3.63, 3.8) is 0 Å². The third kappa shape index (κ3) is 3.98. The van der Waals surface area contributed by atoms with E-state index in [-0.39, 0.29) is 11.3 Å². The van der Waals surface area contributed by atoms with Crippen molar-refractivity contribution in [1.82, 2.24) is 14.9 Å². The van der Waals surface area contributed by atoms with Crippen LogP contribution in [0.4, 0.5) is 5.69 Å². The Bertz CT molecular complexity index is 1280. The molecule has 1 aliphatic heterocycles. The Morgan fingerprint density at radius 2 is 2.12 bits per heavy atom. The van der Waals surface area contributed by atoms with Crippen LogP contribution in [0.3, 0.4) is 0 Å². The van der Waals surface area contributed by atoms with E-state index < -0.39 is 0 Å². The minimum atomic E-state index is 0.0616. The Balaban J connectivity index is 1.38. The molecule has 3 heterocycles. The van der Waals surface area contributed by atoms with Crippen LogP contribution in [0.15, 0.2) is 54.7 Å². The van der Waals surface area contributed by atoms with E-state index in [2.05, 4.69) is 10.3 Å². The van der Waals surface area contributed by atoms with Crippen molar-refractivity contribution in [2.75, 3.05) is 31.3 Å². The molecule has 4 aromatic rings. The second-order valence-corrected chi connectivity index (χ2v) is 9.19. The number of methoxy groups -OCH3 is 1. The smallest absolute Gasteiger partial charge is 0.233 e. The molecule has 32 heavy (non-hydrogen) atoms. The van der Waals surface area contributed by atoms with Gasteiger partial charge in [-0.3, -0.25) is 4.79 Å². The number of benzene rings is 2. The fraction of sp³-hybridized carbons (Fsp3) is 0.250. The number of anilines is 1. The molecule has 0 radical (unpaired) electrons. The van der Waals surface area contributed by atoms with Crippen LogP contribution >= 0.6 is 23.4 Å². The number of rotatable bonds is 7. The molecular formula is C24H23ClN4O2S. The summed E-state index contributed by atoms with van der Waals surface area (Å²) in [4.78, 5) is 22.4. The molecule has 8 heteroatoms. The molecule has 0 aliphatic carbocycles. The summed E-state index contributed by atoms with van der Waals surface area (Å²) >= 11 is 7.89. The molecule has 164 valence electrons. The van der Waals surface area contributed by atoms with E-state index >= 15 is 0 Å². The number of fused-ring (bicyclic) bond motifs is 2. The molecule has 5 rings (SSSR count). The summed E-state index contributed by atoms with van der Waals surface area (Å²) in [6, 6.07) is 15.6. The first-order chi connectivity index (χ1) is 15.6. The van der Waals surface area contributed by atoms with E-state index in [0.717, 1.165) is 51.9 Å². The normalized spacial score (nSPS) is 16.2. The van der Waals surface area contributed by atoms with Gasteiger partial charge in [-0.15, -0.1) is 11.8 Å². The van der Waals surface area contributed by atoms with Crippen molar-refractivity contribution < 1.29 is 9.53 Å². The van der Waals surface area contributed by atoms with Crippen LogP contribution in [0.2, 0.25) is 5.02 Å². The van der Waals surface area contributed by atoms with Gasteiger partial charge in [-0.2, -0.15) is 0 Å². The third-order valence-corrected chi connectivity index (χ3v) is 7.15. The van der Waals surface area contributed by atoms with Crippen molar-refractivity contribution in [2.24, 2.45) is 0 Å². The summed E-state index contributed by atoms with van der Waals surface area (Å²) in [7, 11) is 1.66. The first-order valence-electron chi connectivity index (χ1n) is 10.5. The zero-order valence-electron chi connectivity index (χ0n) is 17.6. The maximum absolute atomic E-state index is 12.4. The number of H-pyrrole nitrogens is 1. The first-order valence-corrected chi connectivity index (χ1v) is 11.9. The number of ether oxygens (including phenoxy) is 1. The van der Waals surface area contributed by atoms with Crippen molar-refractivity contribution in [1.29, 1.82) is 0 Å². The zero-order chi connectivity index (χ0) is 22.1. The van der Waals surface area contributed by atoms with Crippen LogP contribution < -0.4 is 10.1 Å². The van der Waals surface area contributed by atoms with Crippen molar-refractivity contribution >= 4 is 56.8 Å². The largest absolute Gasteiger partial charge is 0.497 e. The van der Waals surface area contributed by atoms with Gasteiger partial charge in [0, 0.05) is 40.8 Å². The molecule has 1 saturated heterocycles. The fourth-order valence-electron chi connectivity index (χ4n) is 4.13. The summed E-state index contributed by atoms with van der Waals surface area (Å²) in [5, 5.41) is 6.32. The van der Waals surface area contributed by atoms with E-state index in [1.54, 1.807) is 18.9 Å². The third-order valence-electron chi connectivity index (χ3n) is 5.68. The number of thioether (sulfide) groups is 1. The number of aromatic amines is 1. The highest BCUT2D eigenvalue weighted by Gasteiger charge is 2.32. The SMILES string of the molecule is COc1ccc2nc3cc(Cl)ccc3c(NCCCN3C(=O)CSC3c3ccc[nH]3)c2c1. The Morgan fingerprint density at radius 3 is 2.94 bits per heavy atom. The van der Waals surface area contributed by atoms with Crippen LogP contribution in [0.25, 0.3) is 21.8 Å². The number of hydrogen-bond donors (Lipinski definition) is 2. The highest BCUT2D eigenvalue weighted by Crippen LogP contribution is 2.38. The summed E-state index contributed by atoms with van der Waals surface area (Å²) in [6.07, 6.45) is 2.73. The lowest BCUT2D eigenvalue weighted by Gasteiger charge is -2.23. The van der Waals surface area contributed by atoms with Crippen molar-refractivity contribution in [3.05, 3.63) is 65.4 Å². The fourth-order valence-corrected chi connectivity index (χ4v) is 5.49. The van der Waals surface area contributed by atoms with Crippen molar-refractivity contribution in [3.8, 4) is 5.75 Å². The predicted octanol–water partition coefficient (Wildman–Crippen LogP) is 5.45. The number of hydrogen-bond acceptors (Lipinski definition) is 5. The summed E-state index contributed by atoms with van der Waals surface area (Å²) in [5.74, 6) is 1.50. The average Bonchev–Trinajstić information content (AvgIpc) is 3.45. The van der Waals surface area contributed by atoms with Gasteiger partial charge in [0.05, 0.1) is 29.6 Å². The van der Waals surface area contributed by atoms with Crippen LogP contribution in [-0.4, -0.2) is 46.7 Å². The second kappa shape index (κ2) is 8.92. The number of amides is 1. The Hall–Kier alpha value is -2.90. The molecule has 6 nitrogen and oxygen atoms in total. The molecule has 0 saturated carbocycles. The molecule has 2 N–H and O–H groups in total. The molecule has 2 aromatic carbocycles. The number of halogens is 1.